The van der Waals surface area contributed by atoms with Gasteiger partial charge in [-0.25, -0.2) is 0 Å². The first kappa shape index (κ1) is 9.04. The Hall–Kier alpha value is -0.530. The molecule has 2 rings (SSSR count). The number of rotatable bonds is 2. The van der Waals surface area contributed by atoms with E-state index < -0.39 is 5.97 Å². The predicted molar refractivity (Wildman–Crippen MR) is 50.4 cm³/mol. The lowest BCUT2D eigenvalue weighted by Crippen LogP contribution is -2.12. The van der Waals surface area contributed by atoms with Crippen molar-refractivity contribution in [2.24, 2.45) is 23.2 Å². The summed E-state index contributed by atoms with van der Waals surface area (Å²) >= 11 is 0. The number of hydrogen-bond donors (Lipinski definition) is 1. The van der Waals surface area contributed by atoms with Crippen LogP contribution in [0, 0.1) is 23.2 Å². The number of carboxylic acid groups (broad SMARTS) is 1. The fourth-order valence-corrected chi connectivity index (χ4v) is 3.22. The summed E-state index contributed by atoms with van der Waals surface area (Å²) in [4.78, 5) is 10.5. The Kier molecular flexibility index (Phi) is 1.90. The van der Waals surface area contributed by atoms with Crippen LogP contribution < -0.4 is 0 Å². The van der Waals surface area contributed by atoms with Crippen molar-refractivity contribution in [1.29, 1.82) is 0 Å². The normalized spacial score (nSPS) is 40.9. The van der Waals surface area contributed by atoms with Gasteiger partial charge in [-0.3, -0.25) is 4.79 Å². The van der Waals surface area contributed by atoms with Crippen molar-refractivity contribution in [3.8, 4) is 0 Å². The molecule has 13 heavy (non-hydrogen) atoms. The van der Waals surface area contributed by atoms with E-state index in [4.69, 9.17) is 5.11 Å². The molecule has 3 atom stereocenters. The van der Waals surface area contributed by atoms with Crippen LogP contribution in [0.5, 0.6) is 0 Å². The Morgan fingerprint density at radius 3 is 2.62 bits per heavy atom. The standard InChI is InChI=1S/C11H18O2/c1-11(2)8-4-3-7(5-9(8)11)6-10(12)13/h7-9H,3-6H2,1-2H3,(H,12,13)/t7?,8-,9+/m1/s1. The molecule has 0 aliphatic heterocycles. The molecule has 0 spiro atoms. The molecule has 2 aliphatic rings. The van der Waals surface area contributed by atoms with Crippen LogP contribution >= 0.6 is 0 Å². The lowest BCUT2D eigenvalue weighted by atomic mass is 9.87. The minimum atomic E-state index is -0.623. The summed E-state index contributed by atoms with van der Waals surface area (Å²) in [6.07, 6.45) is 3.94. The Morgan fingerprint density at radius 1 is 1.38 bits per heavy atom. The maximum absolute atomic E-state index is 10.5. The zero-order chi connectivity index (χ0) is 9.64. The van der Waals surface area contributed by atoms with Crippen molar-refractivity contribution in [2.75, 3.05) is 0 Å². The largest absolute Gasteiger partial charge is 0.481 e. The van der Waals surface area contributed by atoms with Gasteiger partial charge in [0.15, 0.2) is 0 Å². The van der Waals surface area contributed by atoms with Crippen molar-refractivity contribution in [1.82, 2.24) is 0 Å². The van der Waals surface area contributed by atoms with Gasteiger partial charge in [-0.1, -0.05) is 13.8 Å². The van der Waals surface area contributed by atoms with Gasteiger partial charge in [-0.05, 0) is 42.4 Å². The number of carbonyl (C=O) groups is 1. The topological polar surface area (TPSA) is 37.3 Å². The SMILES string of the molecule is CC1(C)[C@@H]2CCC(CC(=O)O)C[C@@H]21. The second-order valence-corrected chi connectivity index (χ2v) is 5.31. The van der Waals surface area contributed by atoms with E-state index in [1.165, 1.54) is 6.42 Å². The summed E-state index contributed by atoms with van der Waals surface area (Å²) in [7, 11) is 0. The quantitative estimate of drug-likeness (QED) is 0.712. The first-order valence-electron chi connectivity index (χ1n) is 5.23. The Bertz CT molecular complexity index is 232. The summed E-state index contributed by atoms with van der Waals surface area (Å²) in [5.41, 5.74) is 0.521. The first-order chi connectivity index (χ1) is 6.01. The number of fused-ring (bicyclic) bond motifs is 1. The van der Waals surface area contributed by atoms with Crippen molar-refractivity contribution < 1.29 is 9.90 Å². The Labute approximate surface area is 79.3 Å². The Balaban J connectivity index is 1.90. The minimum Gasteiger partial charge on any atom is -0.481 e. The maximum atomic E-state index is 10.5. The number of carboxylic acids is 1. The van der Waals surface area contributed by atoms with Crippen molar-refractivity contribution in [2.45, 2.75) is 39.5 Å². The predicted octanol–water partition coefficient (Wildman–Crippen LogP) is 2.53. The lowest BCUT2D eigenvalue weighted by molar-refractivity contribution is -0.138. The molecule has 2 heteroatoms. The van der Waals surface area contributed by atoms with Crippen LogP contribution in [0.25, 0.3) is 0 Å². The summed E-state index contributed by atoms with van der Waals surface area (Å²) in [5.74, 6) is 1.56. The molecular weight excluding hydrogens is 164 g/mol. The lowest BCUT2D eigenvalue weighted by Gasteiger charge is -2.18. The van der Waals surface area contributed by atoms with Crippen LogP contribution in [0.1, 0.15) is 39.5 Å². The van der Waals surface area contributed by atoms with Crippen LogP contribution in [-0.2, 0) is 4.79 Å². The average Bonchev–Trinajstić information content (AvgIpc) is 2.53. The van der Waals surface area contributed by atoms with E-state index in [-0.39, 0.29) is 0 Å². The van der Waals surface area contributed by atoms with E-state index in [0.29, 0.717) is 17.8 Å². The molecule has 0 bridgehead atoms. The van der Waals surface area contributed by atoms with Gasteiger partial charge >= 0.3 is 5.97 Å². The van der Waals surface area contributed by atoms with Gasteiger partial charge in [0.2, 0.25) is 0 Å². The highest BCUT2D eigenvalue weighted by Gasteiger charge is 2.58. The third-order valence-corrected chi connectivity index (χ3v) is 4.22. The highest BCUT2D eigenvalue weighted by atomic mass is 16.4. The molecule has 2 nitrogen and oxygen atoms in total. The second kappa shape index (κ2) is 2.73. The van der Waals surface area contributed by atoms with Crippen molar-refractivity contribution >= 4 is 5.97 Å². The van der Waals surface area contributed by atoms with Gasteiger partial charge in [0, 0.05) is 6.42 Å². The van der Waals surface area contributed by atoms with Gasteiger partial charge in [0.25, 0.3) is 0 Å². The molecular formula is C11H18O2. The molecule has 2 fully saturated rings. The van der Waals surface area contributed by atoms with Crippen LogP contribution in [0.15, 0.2) is 0 Å². The number of hydrogen-bond acceptors (Lipinski definition) is 1. The molecule has 0 heterocycles. The zero-order valence-corrected chi connectivity index (χ0v) is 8.42. The molecule has 74 valence electrons. The van der Waals surface area contributed by atoms with Crippen LogP contribution in [0.3, 0.4) is 0 Å². The van der Waals surface area contributed by atoms with E-state index in [1.54, 1.807) is 0 Å². The highest BCUT2D eigenvalue weighted by Crippen LogP contribution is 2.66. The molecule has 0 radical (unpaired) electrons. The van der Waals surface area contributed by atoms with E-state index in [1.807, 2.05) is 0 Å². The molecule has 1 N–H and O–H groups in total. The average molecular weight is 182 g/mol. The van der Waals surface area contributed by atoms with Gasteiger partial charge in [-0.15, -0.1) is 0 Å². The summed E-state index contributed by atoms with van der Waals surface area (Å²) in [6, 6.07) is 0. The molecule has 0 saturated heterocycles. The Morgan fingerprint density at radius 2 is 2.08 bits per heavy atom. The fourth-order valence-electron chi connectivity index (χ4n) is 3.22. The van der Waals surface area contributed by atoms with Gasteiger partial charge < -0.3 is 5.11 Å². The summed E-state index contributed by atoms with van der Waals surface area (Å²) < 4.78 is 0. The van der Waals surface area contributed by atoms with Crippen molar-refractivity contribution in [3.05, 3.63) is 0 Å². The molecule has 0 amide bonds. The fraction of sp³-hybridized carbons (Fsp3) is 0.909. The third-order valence-electron chi connectivity index (χ3n) is 4.22. The van der Waals surface area contributed by atoms with E-state index >= 15 is 0 Å². The van der Waals surface area contributed by atoms with Gasteiger partial charge in [-0.2, -0.15) is 0 Å². The highest BCUT2D eigenvalue weighted by molar-refractivity contribution is 5.67. The van der Waals surface area contributed by atoms with E-state index in [9.17, 15) is 4.79 Å². The monoisotopic (exact) mass is 182 g/mol. The van der Waals surface area contributed by atoms with Gasteiger partial charge in [0.1, 0.15) is 0 Å². The maximum Gasteiger partial charge on any atom is 0.303 e. The zero-order valence-electron chi connectivity index (χ0n) is 8.42. The summed E-state index contributed by atoms with van der Waals surface area (Å²) in [6.45, 7) is 4.65. The van der Waals surface area contributed by atoms with Gasteiger partial charge in [0.05, 0.1) is 0 Å². The molecule has 0 aromatic heterocycles. The van der Waals surface area contributed by atoms with Crippen LogP contribution in [0.2, 0.25) is 0 Å². The van der Waals surface area contributed by atoms with Crippen LogP contribution in [0.4, 0.5) is 0 Å². The second-order valence-electron chi connectivity index (χ2n) is 5.31. The smallest absolute Gasteiger partial charge is 0.303 e. The molecule has 0 aromatic carbocycles. The van der Waals surface area contributed by atoms with Crippen LogP contribution in [-0.4, -0.2) is 11.1 Å². The summed E-state index contributed by atoms with van der Waals surface area (Å²) in [5, 5.41) is 8.70. The molecule has 2 aliphatic carbocycles. The first-order valence-corrected chi connectivity index (χ1v) is 5.23. The number of aliphatic carboxylic acids is 1. The molecule has 2 saturated carbocycles. The van der Waals surface area contributed by atoms with Crippen molar-refractivity contribution in [3.63, 3.8) is 0 Å². The molecule has 0 aromatic rings. The minimum absolute atomic E-state index is 0.388. The van der Waals surface area contributed by atoms with E-state index in [2.05, 4.69) is 13.8 Å². The third kappa shape index (κ3) is 1.47. The molecule has 1 unspecified atom stereocenters. The van der Waals surface area contributed by atoms with E-state index in [0.717, 1.165) is 24.7 Å².